The number of ether oxygens (including phenoxy) is 3. The van der Waals surface area contributed by atoms with Crippen LogP contribution in [0.25, 0.3) is 0 Å². The Hall–Kier alpha value is -2.45. The lowest BCUT2D eigenvalue weighted by molar-refractivity contribution is -0.156. The number of halogens is 3. The maximum absolute atomic E-state index is 12.7. The Morgan fingerprint density at radius 3 is 1.93 bits per heavy atom. The van der Waals surface area contributed by atoms with Gasteiger partial charge in [0.1, 0.15) is 29.6 Å². The number of carbonyl (C=O) groups excluding carboxylic acids is 2. The van der Waals surface area contributed by atoms with Crippen LogP contribution in [0.15, 0.2) is 24.3 Å². The molecule has 0 saturated carbocycles. The third-order valence-electron chi connectivity index (χ3n) is 3.96. The van der Waals surface area contributed by atoms with Crippen LogP contribution >= 0.6 is 0 Å². The predicted molar refractivity (Wildman–Crippen MR) is 105 cm³/mol. The number of esters is 1. The minimum atomic E-state index is -4.43. The highest BCUT2D eigenvalue weighted by Crippen LogP contribution is 2.31. The standard InChI is InChI=1S/C21H30F3NO5/c1-12(2)17(29-16-10-8-15(9-11-16)21(22,23)24)14(4)28-18(26)13(3)25-19(27)30-20(5,6)7/h8-14,17H,1-7H3,(H,25,27)/t13-,14-,17+/m0/s1. The van der Waals surface area contributed by atoms with Crippen molar-refractivity contribution in [2.24, 2.45) is 5.92 Å². The molecular formula is C21H30F3NO5. The molecule has 1 amide bonds. The van der Waals surface area contributed by atoms with Crippen LogP contribution in [0, 0.1) is 5.92 Å². The molecule has 3 atom stereocenters. The SMILES string of the molecule is CC(C)[C@@H](Oc1ccc(C(F)(F)F)cc1)[C@H](C)OC(=O)[C@H](C)NC(=O)OC(C)(C)C. The average Bonchev–Trinajstić information content (AvgIpc) is 2.56. The molecule has 0 aliphatic rings. The molecule has 0 bridgehead atoms. The Morgan fingerprint density at radius 2 is 1.50 bits per heavy atom. The summed E-state index contributed by atoms with van der Waals surface area (Å²) in [7, 11) is 0. The van der Waals surface area contributed by atoms with E-state index < -0.39 is 47.7 Å². The zero-order valence-corrected chi connectivity index (χ0v) is 18.3. The summed E-state index contributed by atoms with van der Waals surface area (Å²) in [5, 5.41) is 2.40. The van der Waals surface area contributed by atoms with Gasteiger partial charge in [-0.15, -0.1) is 0 Å². The summed E-state index contributed by atoms with van der Waals surface area (Å²) in [4.78, 5) is 24.1. The third-order valence-corrected chi connectivity index (χ3v) is 3.96. The molecule has 0 fully saturated rings. The monoisotopic (exact) mass is 433 g/mol. The van der Waals surface area contributed by atoms with Crippen LogP contribution in [0.1, 0.15) is 54.0 Å². The fourth-order valence-electron chi connectivity index (χ4n) is 2.55. The molecule has 9 heteroatoms. The van der Waals surface area contributed by atoms with Crippen LogP contribution in [0.4, 0.5) is 18.0 Å². The first kappa shape index (κ1) is 25.6. The number of alkyl halides is 3. The lowest BCUT2D eigenvalue weighted by Gasteiger charge is -2.29. The molecule has 0 unspecified atom stereocenters. The van der Waals surface area contributed by atoms with E-state index in [1.165, 1.54) is 19.1 Å². The van der Waals surface area contributed by atoms with Gasteiger partial charge in [-0.3, -0.25) is 0 Å². The topological polar surface area (TPSA) is 73.9 Å². The fraction of sp³-hybridized carbons (Fsp3) is 0.619. The summed E-state index contributed by atoms with van der Waals surface area (Å²) in [5.41, 5.74) is -1.49. The van der Waals surface area contributed by atoms with Crippen molar-refractivity contribution in [3.63, 3.8) is 0 Å². The average molecular weight is 433 g/mol. The van der Waals surface area contributed by atoms with E-state index in [2.05, 4.69) is 5.32 Å². The molecule has 1 aromatic rings. The van der Waals surface area contributed by atoms with E-state index in [-0.39, 0.29) is 11.7 Å². The van der Waals surface area contributed by atoms with E-state index in [9.17, 15) is 22.8 Å². The van der Waals surface area contributed by atoms with Gasteiger partial charge in [0.2, 0.25) is 0 Å². The highest BCUT2D eigenvalue weighted by Gasteiger charge is 2.31. The summed E-state index contributed by atoms with van der Waals surface area (Å²) in [5.74, 6) is -0.566. The number of benzene rings is 1. The molecule has 1 N–H and O–H groups in total. The highest BCUT2D eigenvalue weighted by molar-refractivity contribution is 5.81. The van der Waals surface area contributed by atoms with Gasteiger partial charge in [0.05, 0.1) is 5.56 Å². The minimum Gasteiger partial charge on any atom is -0.486 e. The van der Waals surface area contributed by atoms with E-state index in [0.717, 1.165) is 12.1 Å². The molecule has 1 aromatic carbocycles. The molecule has 0 aromatic heterocycles. The van der Waals surface area contributed by atoms with Crippen molar-refractivity contribution in [2.45, 2.75) is 78.5 Å². The first-order chi connectivity index (χ1) is 13.6. The van der Waals surface area contributed by atoms with E-state index in [4.69, 9.17) is 14.2 Å². The lowest BCUT2D eigenvalue weighted by Crippen LogP contribution is -2.45. The molecular weight excluding hydrogens is 403 g/mol. The van der Waals surface area contributed by atoms with Gasteiger partial charge >= 0.3 is 18.2 Å². The molecule has 1 rings (SSSR count). The Kier molecular flexibility index (Phi) is 8.56. The summed E-state index contributed by atoms with van der Waals surface area (Å²) < 4.78 is 54.4. The van der Waals surface area contributed by atoms with Crippen LogP contribution < -0.4 is 10.1 Å². The highest BCUT2D eigenvalue weighted by atomic mass is 19.4. The molecule has 170 valence electrons. The van der Waals surface area contributed by atoms with Crippen LogP contribution in [0.3, 0.4) is 0 Å². The van der Waals surface area contributed by atoms with Crippen LogP contribution in [0.5, 0.6) is 5.75 Å². The Labute approximate surface area is 175 Å². The molecule has 0 heterocycles. The van der Waals surface area contributed by atoms with E-state index >= 15 is 0 Å². The number of rotatable bonds is 7. The van der Waals surface area contributed by atoms with Crippen molar-refractivity contribution >= 4 is 12.1 Å². The number of amides is 1. The fourth-order valence-corrected chi connectivity index (χ4v) is 2.55. The first-order valence-electron chi connectivity index (χ1n) is 9.64. The lowest BCUT2D eigenvalue weighted by atomic mass is 10.0. The second kappa shape index (κ2) is 10.0. The van der Waals surface area contributed by atoms with Crippen molar-refractivity contribution < 1.29 is 37.0 Å². The third kappa shape index (κ3) is 8.51. The molecule has 0 radical (unpaired) electrons. The maximum atomic E-state index is 12.7. The van der Waals surface area contributed by atoms with Gasteiger partial charge in [-0.2, -0.15) is 13.2 Å². The summed E-state index contributed by atoms with van der Waals surface area (Å²) >= 11 is 0. The minimum absolute atomic E-state index is 0.107. The normalized spacial score (nSPS) is 15.2. The smallest absolute Gasteiger partial charge is 0.416 e. The number of hydrogen-bond acceptors (Lipinski definition) is 5. The van der Waals surface area contributed by atoms with Crippen molar-refractivity contribution in [1.29, 1.82) is 0 Å². The second-order valence-electron chi connectivity index (χ2n) is 8.36. The number of nitrogens with one attached hydrogen (secondary N) is 1. The molecule has 6 nitrogen and oxygen atoms in total. The van der Waals surface area contributed by atoms with Gasteiger partial charge in [0.15, 0.2) is 0 Å². The Balaban J connectivity index is 2.74. The molecule has 0 aliphatic heterocycles. The molecule has 0 saturated heterocycles. The Bertz CT molecular complexity index is 711. The zero-order valence-electron chi connectivity index (χ0n) is 18.3. The van der Waals surface area contributed by atoms with Gasteiger partial charge < -0.3 is 19.5 Å². The van der Waals surface area contributed by atoms with Gasteiger partial charge in [0.25, 0.3) is 0 Å². The summed E-state index contributed by atoms with van der Waals surface area (Å²) in [6.07, 6.45) is -6.51. The Morgan fingerprint density at radius 1 is 0.967 bits per heavy atom. The van der Waals surface area contributed by atoms with Crippen molar-refractivity contribution in [3.05, 3.63) is 29.8 Å². The summed E-state index contributed by atoms with van der Waals surface area (Å²) in [6.45, 7) is 11.8. The van der Waals surface area contributed by atoms with E-state index in [1.54, 1.807) is 27.7 Å². The van der Waals surface area contributed by atoms with E-state index in [0.29, 0.717) is 0 Å². The summed E-state index contributed by atoms with van der Waals surface area (Å²) in [6, 6.07) is 3.34. The number of hydrogen-bond donors (Lipinski definition) is 1. The number of carbonyl (C=O) groups is 2. The quantitative estimate of drug-likeness (QED) is 0.616. The maximum Gasteiger partial charge on any atom is 0.416 e. The van der Waals surface area contributed by atoms with Crippen LogP contribution in [-0.2, 0) is 20.4 Å². The predicted octanol–water partition coefficient (Wildman–Crippen LogP) is 4.95. The van der Waals surface area contributed by atoms with Gasteiger partial charge in [-0.1, -0.05) is 13.8 Å². The first-order valence-corrected chi connectivity index (χ1v) is 9.64. The molecule has 30 heavy (non-hydrogen) atoms. The molecule has 0 spiro atoms. The van der Waals surface area contributed by atoms with Gasteiger partial charge in [0, 0.05) is 0 Å². The molecule has 0 aliphatic carbocycles. The van der Waals surface area contributed by atoms with Gasteiger partial charge in [-0.25, -0.2) is 9.59 Å². The largest absolute Gasteiger partial charge is 0.486 e. The van der Waals surface area contributed by atoms with E-state index in [1.807, 2.05) is 13.8 Å². The second-order valence-corrected chi connectivity index (χ2v) is 8.36. The zero-order chi connectivity index (χ0) is 23.3. The number of alkyl carbamates (subject to hydrolysis) is 1. The van der Waals surface area contributed by atoms with Crippen LogP contribution in [0.2, 0.25) is 0 Å². The van der Waals surface area contributed by atoms with Crippen LogP contribution in [-0.4, -0.2) is 35.9 Å². The van der Waals surface area contributed by atoms with Crippen molar-refractivity contribution in [2.75, 3.05) is 0 Å². The van der Waals surface area contributed by atoms with Crippen molar-refractivity contribution in [1.82, 2.24) is 5.32 Å². The van der Waals surface area contributed by atoms with Gasteiger partial charge in [-0.05, 0) is 64.8 Å². The van der Waals surface area contributed by atoms with Crippen molar-refractivity contribution in [3.8, 4) is 5.75 Å².